The van der Waals surface area contributed by atoms with Crippen molar-refractivity contribution in [2.75, 3.05) is 0 Å². The highest BCUT2D eigenvalue weighted by atomic mass is 79.9. The predicted octanol–water partition coefficient (Wildman–Crippen LogP) is 3.26. The van der Waals surface area contributed by atoms with Crippen molar-refractivity contribution in [2.45, 2.75) is 9.92 Å². The quantitative estimate of drug-likeness (QED) is 0.852. The Bertz CT molecular complexity index is 551. The van der Waals surface area contributed by atoms with Gasteiger partial charge in [0, 0.05) is 21.8 Å². The molecule has 1 heterocycles. The molecule has 0 fully saturated rings. The second kappa shape index (κ2) is 5.10. The molecular formula is C11H6BrN3S. The molecule has 0 spiro atoms. The fourth-order valence-electron chi connectivity index (χ4n) is 1.12. The number of rotatable bonds is 2. The lowest BCUT2D eigenvalue weighted by Crippen LogP contribution is -1.89. The first-order valence-electron chi connectivity index (χ1n) is 4.44. The summed E-state index contributed by atoms with van der Waals surface area (Å²) < 4.78 is 1.000. The Balaban J connectivity index is 2.31. The Hall–Kier alpha value is -1.38. The third-order valence-corrected chi connectivity index (χ3v) is 3.26. The first kappa shape index (κ1) is 11.1. The van der Waals surface area contributed by atoms with Gasteiger partial charge in [0.2, 0.25) is 0 Å². The summed E-state index contributed by atoms with van der Waals surface area (Å²) in [5.41, 5.74) is 0.354. The van der Waals surface area contributed by atoms with Crippen molar-refractivity contribution in [1.29, 1.82) is 5.26 Å². The Labute approximate surface area is 106 Å². The average molecular weight is 292 g/mol. The van der Waals surface area contributed by atoms with Crippen LogP contribution in [0.4, 0.5) is 0 Å². The van der Waals surface area contributed by atoms with E-state index in [0.29, 0.717) is 10.7 Å². The molecule has 2 aromatic rings. The minimum Gasteiger partial charge on any atom is -0.245 e. The number of nitrogens with zero attached hydrogens (tertiary/aromatic N) is 3. The van der Waals surface area contributed by atoms with Gasteiger partial charge in [-0.3, -0.25) is 0 Å². The molecule has 0 aliphatic heterocycles. The Morgan fingerprint density at radius 3 is 2.81 bits per heavy atom. The second-order valence-electron chi connectivity index (χ2n) is 2.88. The molecule has 0 aliphatic rings. The zero-order valence-electron chi connectivity index (χ0n) is 8.09. The molecule has 0 saturated heterocycles. The molecule has 5 heteroatoms. The van der Waals surface area contributed by atoms with Crippen molar-refractivity contribution in [3.05, 3.63) is 46.8 Å². The van der Waals surface area contributed by atoms with Crippen molar-refractivity contribution in [1.82, 2.24) is 9.97 Å². The van der Waals surface area contributed by atoms with Gasteiger partial charge in [-0.25, -0.2) is 9.97 Å². The van der Waals surface area contributed by atoms with Crippen LogP contribution >= 0.6 is 27.7 Å². The van der Waals surface area contributed by atoms with E-state index in [1.165, 1.54) is 18.0 Å². The molecule has 1 aromatic carbocycles. The Morgan fingerprint density at radius 2 is 2.06 bits per heavy atom. The van der Waals surface area contributed by atoms with Gasteiger partial charge in [-0.15, -0.1) is 0 Å². The van der Waals surface area contributed by atoms with E-state index in [9.17, 15) is 0 Å². The molecule has 78 valence electrons. The maximum atomic E-state index is 8.88. The smallest absolute Gasteiger partial charge is 0.173 e. The van der Waals surface area contributed by atoms with Crippen LogP contribution in [0.15, 0.2) is 51.1 Å². The highest BCUT2D eigenvalue weighted by molar-refractivity contribution is 9.10. The van der Waals surface area contributed by atoms with Crippen LogP contribution in [0.3, 0.4) is 0 Å². The van der Waals surface area contributed by atoms with E-state index in [2.05, 4.69) is 25.9 Å². The minimum absolute atomic E-state index is 0.354. The van der Waals surface area contributed by atoms with E-state index in [1.54, 1.807) is 6.20 Å². The molecule has 0 saturated carbocycles. The molecule has 0 amide bonds. The summed E-state index contributed by atoms with van der Waals surface area (Å²) in [5, 5.41) is 9.50. The molecule has 0 bridgehead atoms. The van der Waals surface area contributed by atoms with Crippen molar-refractivity contribution in [3.63, 3.8) is 0 Å². The lowest BCUT2D eigenvalue weighted by molar-refractivity contribution is 1.02. The van der Waals surface area contributed by atoms with E-state index in [4.69, 9.17) is 5.26 Å². The third kappa shape index (κ3) is 2.60. The SMILES string of the molecule is N#Cc1nccnc1Sc1cccc(Br)c1. The van der Waals surface area contributed by atoms with Crippen LogP contribution in [-0.2, 0) is 0 Å². The number of nitriles is 1. The van der Waals surface area contributed by atoms with Crippen molar-refractivity contribution in [2.24, 2.45) is 0 Å². The third-order valence-electron chi connectivity index (χ3n) is 1.78. The van der Waals surface area contributed by atoms with Crippen LogP contribution in [0.1, 0.15) is 5.69 Å². The molecular weight excluding hydrogens is 286 g/mol. The van der Waals surface area contributed by atoms with Crippen molar-refractivity contribution in [3.8, 4) is 6.07 Å². The topological polar surface area (TPSA) is 49.6 Å². The second-order valence-corrected chi connectivity index (χ2v) is 4.86. The monoisotopic (exact) mass is 291 g/mol. The predicted molar refractivity (Wildman–Crippen MR) is 65.0 cm³/mol. The molecule has 0 N–H and O–H groups in total. The highest BCUT2D eigenvalue weighted by Gasteiger charge is 2.06. The van der Waals surface area contributed by atoms with Gasteiger partial charge in [0.15, 0.2) is 5.69 Å². The summed E-state index contributed by atoms with van der Waals surface area (Å²) in [6.07, 6.45) is 3.10. The molecule has 16 heavy (non-hydrogen) atoms. The first-order chi connectivity index (χ1) is 7.79. The van der Waals surface area contributed by atoms with E-state index >= 15 is 0 Å². The molecule has 2 rings (SSSR count). The Kier molecular flexibility index (Phi) is 3.54. The van der Waals surface area contributed by atoms with E-state index in [-0.39, 0.29) is 0 Å². The summed E-state index contributed by atoms with van der Waals surface area (Å²) >= 11 is 4.82. The van der Waals surface area contributed by atoms with Crippen molar-refractivity contribution >= 4 is 27.7 Å². The summed E-state index contributed by atoms with van der Waals surface area (Å²) in [7, 11) is 0. The summed E-state index contributed by atoms with van der Waals surface area (Å²) in [5.74, 6) is 0. The van der Waals surface area contributed by atoms with Gasteiger partial charge in [-0.2, -0.15) is 5.26 Å². The molecule has 3 nitrogen and oxygen atoms in total. The average Bonchev–Trinajstić information content (AvgIpc) is 2.30. The summed E-state index contributed by atoms with van der Waals surface area (Å²) in [4.78, 5) is 9.12. The molecule has 0 radical (unpaired) electrons. The summed E-state index contributed by atoms with van der Waals surface area (Å²) in [6, 6.07) is 9.85. The van der Waals surface area contributed by atoms with Crippen LogP contribution in [0.5, 0.6) is 0 Å². The maximum Gasteiger partial charge on any atom is 0.173 e. The van der Waals surface area contributed by atoms with Crippen LogP contribution in [0, 0.1) is 11.3 Å². The molecule has 1 aromatic heterocycles. The normalized spacial score (nSPS) is 9.75. The largest absolute Gasteiger partial charge is 0.245 e. The van der Waals surface area contributed by atoms with Crippen molar-refractivity contribution < 1.29 is 0 Å². The highest BCUT2D eigenvalue weighted by Crippen LogP contribution is 2.29. The fourth-order valence-corrected chi connectivity index (χ4v) is 2.53. The molecule has 0 unspecified atom stereocenters. The zero-order chi connectivity index (χ0) is 11.4. The van der Waals surface area contributed by atoms with Gasteiger partial charge in [0.25, 0.3) is 0 Å². The van der Waals surface area contributed by atoms with Crippen LogP contribution in [-0.4, -0.2) is 9.97 Å². The first-order valence-corrected chi connectivity index (χ1v) is 6.05. The number of hydrogen-bond acceptors (Lipinski definition) is 4. The van der Waals surface area contributed by atoms with Crippen LogP contribution < -0.4 is 0 Å². The summed E-state index contributed by atoms with van der Waals surface area (Å²) in [6.45, 7) is 0. The minimum atomic E-state index is 0.354. The fraction of sp³-hybridized carbons (Fsp3) is 0. The number of halogens is 1. The van der Waals surface area contributed by atoms with Gasteiger partial charge in [0.1, 0.15) is 11.1 Å². The standard InChI is InChI=1S/C11H6BrN3S/c12-8-2-1-3-9(6-8)16-11-10(7-13)14-4-5-15-11/h1-6H. The van der Waals surface area contributed by atoms with Gasteiger partial charge >= 0.3 is 0 Å². The van der Waals surface area contributed by atoms with Crippen LogP contribution in [0.2, 0.25) is 0 Å². The molecule has 0 aliphatic carbocycles. The maximum absolute atomic E-state index is 8.88. The lowest BCUT2D eigenvalue weighted by atomic mass is 10.4. The number of benzene rings is 1. The number of aromatic nitrogens is 2. The molecule has 0 atom stereocenters. The van der Waals surface area contributed by atoms with Gasteiger partial charge in [-0.1, -0.05) is 33.8 Å². The van der Waals surface area contributed by atoms with E-state index in [1.807, 2.05) is 30.3 Å². The van der Waals surface area contributed by atoms with Gasteiger partial charge in [0.05, 0.1) is 0 Å². The zero-order valence-corrected chi connectivity index (χ0v) is 10.5. The van der Waals surface area contributed by atoms with E-state index < -0.39 is 0 Å². The Morgan fingerprint density at radius 1 is 1.25 bits per heavy atom. The van der Waals surface area contributed by atoms with Gasteiger partial charge < -0.3 is 0 Å². The number of hydrogen-bond donors (Lipinski definition) is 0. The lowest BCUT2D eigenvalue weighted by Gasteiger charge is -2.01. The van der Waals surface area contributed by atoms with E-state index in [0.717, 1.165) is 9.37 Å². The van der Waals surface area contributed by atoms with Gasteiger partial charge in [-0.05, 0) is 18.2 Å². The van der Waals surface area contributed by atoms with Crippen LogP contribution in [0.25, 0.3) is 0 Å².